The van der Waals surface area contributed by atoms with E-state index in [-0.39, 0.29) is 12.8 Å². The molecule has 0 aromatic heterocycles. The van der Waals surface area contributed by atoms with Gasteiger partial charge >= 0.3 is 0 Å². The van der Waals surface area contributed by atoms with E-state index < -0.39 is 0 Å². The van der Waals surface area contributed by atoms with Gasteiger partial charge in [-0.2, -0.15) is 0 Å². The molecule has 0 heteroatoms. The molecule has 34 heavy (non-hydrogen) atoms. The minimum atomic E-state index is 0. The molecule has 0 radical (unpaired) electrons. The second kappa shape index (κ2) is 58.0. The van der Waals surface area contributed by atoms with Gasteiger partial charge in [0.25, 0.3) is 0 Å². The van der Waals surface area contributed by atoms with Crippen molar-refractivity contribution < 1.29 is 0 Å². The first kappa shape index (κ1) is 58.5. The van der Waals surface area contributed by atoms with E-state index in [1.54, 1.807) is 6.92 Å². The zero-order valence-electron chi connectivity index (χ0n) is 27.3. The maximum Gasteiger partial charge on any atom is -0.00297 e. The monoisotopic (exact) mass is 485 g/mol. The van der Waals surface area contributed by atoms with Crippen molar-refractivity contribution in [2.24, 2.45) is 17.3 Å². The van der Waals surface area contributed by atoms with Crippen LogP contribution in [0.15, 0.2) is 37.0 Å². The fraction of sp³-hybridized carbons (Fsp3) is 0.765. The summed E-state index contributed by atoms with van der Waals surface area (Å²) >= 11 is 0. The molecule has 0 aliphatic heterocycles. The van der Waals surface area contributed by atoms with E-state index >= 15 is 0 Å². The summed E-state index contributed by atoms with van der Waals surface area (Å²) in [5.41, 5.74) is 3.08. The SMILES string of the molecule is C.C#CC.C=C.C=C(CCC(C)C)C(C)(C)C(C)/C(C)=C/C.CC.CC.CC.CCC.CCC. The van der Waals surface area contributed by atoms with Crippen LogP contribution in [0, 0.1) is 29.6 Å². The van der Waals surface area contributed by atoms with Crippen LogP contribution in [0.1, 0.15) is 158 Å². The fourth-order valence-corrected chi connectivity index (χ4v) is 1.91. The zero-order valence-corrected chi connectivity index (χ0v) is 27.3. The van der Waals surface area contributed by atoms with Crippen LogP contribution in [-0.2, 0) is 0 Å². The average Bonchev–Trinajstić information content (AvgIpc) is 2.83. The van der Waals surface area contributed by atoms with Crippen molar-refractivity contribution in [3.8, 4) is 12.3 Å². The van der Waals surface area contributed by atoms with Gasteiger partial charge in [0.2, 0.25) is 0 Å². The standard InChI is InChI=1S/C16H30.2C3H8.C3H4.3C2H6.C2H4.CH4/c1-9-13(4)15(6)16(7,8)14(5)11-10-12(2)3;3*1-3-2;4*1-2;/h9,12,15H,5,10-11H2,1-4,6-8H3;2*3H2,1-2H3;1H,2H3;3*1-2H3;1-2H2;1H4/b13-9+;;;;;;;;. The summed E-state index contributed by atoms with van der Waals surface area (Å²) in [7, 11) is 0. The number of hydrogen-bond donors (Lipinski definition) is 0. The van der Waals surface area contributed by atoms with Crippen LogP contribution in [0.5, 0.6) is 0 Å². The van der Waals surface area contributed by atoms with E-state index in [1.807, 2.05) is 41.5 Å². The van der Waals surface area contributed by atoms with Crippen LogP contribution < -0.4 is 0 Å². The summed E-state index contributed by atoms with van der Waals surface area (Å²) in [5.74, 6) is 3.60. The van der Waals surface area contributed by atoms with Crippen molar-refractivity contribution in [1.82, 2.24) is 0 Å². The van der Waals surface area contributed by atoms with Crippen LogP contribution in [0.25, 0.3) is 0 Å². The van der Waals surface area contributed by atoms with Crippen LogP contribution >= 0.6 is 0 Å². The molecule has 0 heterocycles. The second-order valence-electron chi connectivity index (χ2n) is 7.72. The molecule has 0 aliphatic carbocycles. The molecule has 212 valence electrons. The summed E-state index contributed by atoms with van der Waals surface area (Å²) in [5, 5.41) is 0. The Balaban J connectivity index is -0.0000000411. The summed E-state index contributed by atoms with van der Waals surface area (Å²) in [6.07, 6.45) is 11.7. The summed E-state index contributed by atoms with van der Waals surface area (Å²) in [6, 6.07) is 0. The largest absolute Gasteiger partial charge is 0.120 e. The van der Waals surface area contributed by atoms with Crippen LogP contribution in [-0.4, -0.2) is 0 Å². The number of terminal acetylenes is 1. The molecule has 0 bridgehead atoms. The maximum atomic E-state index is 4.60. The first-order chi connectivity index (χ1) is 15.5. The molecule has 0 aliphatic rings. The normalized spacial score (nSPS) is 9.18. The smallest absolute Gasteiger partial charge is 0.00297 e. The predicted molar refractivity (Wildman–Crippen MR) is 174 cm³/mol. The van der Waals surface area contributed by atoms with Crippen LogP contribution in [0.2, 0.25) is 0 Å². The maximum absolute atomic E-state index is 4.60. The Labute approximate surface area is 224 Å². The Bertz CT molecular complexity index is 358. The van der Waals surface area contributed by atoms with Gasteiger partial charge in [0.1, 0.15) is 0 Å². The van der Waals surface area contributed by atoms with Crippen molar-refractivity contribution in [3.63, 3.8) is 0 Å². The minimum absolute atomic E-state index is 0. The third-order valence-corrected chi connectivity index (χ3v) is 4.16. The molecule has 1 unspecified atom stereocenters. The molecule has 0 N–H and O–H groups in total. The summed E-state index contributed by atoms with van der Waals surface area (Å²) < 4.78 is 0. The minimum Gasteiger partial charge on any atom is -0.120 e. The Kier molecular flexibility index (Phi) is 99.9. The van der Waals surface area contributed by atoms with Crippen molar-refractivity contribution >= 4 is 0 Å². The van der Waals surface area contributed by atoms with E-state index in [9.17, 15) is 0 Å². The summed E-state index contributed by atoms with van der Waals surface area (Å²) in [6.45, 7) is 48.3. The average molecular weight is 485 g/mol. The van der Waals surface area contributed by atoms with Crippen molar-refractivity contribution in [2.45, 2.75) is 158 Å². The Morgan fingerprint density at radius 2 is 1.12 bits per heavy atom. The van der Waals surface area contributed by atoms with Gasteiger partial charge in [-0.15, -0.1) is 25.5 Å². The van der Waals surface area contributed by atoms with Crippen LogP contribution in [0.3, 0.4) is 0 Å². The molecule has 1 atom stereocenters. The molecule has 0 amide bonds. The first-order valence-corrected chi connectivity index (χ1v) is 13.7. The van der Waals surface area contributed by atoms with E-state index in [1.165, 1.54) is 30.4 Å². The van der Waals surface area contributed by atoms with Gasteiger partial charge in [0.15, 0.2) is 0 Å². The molecule has 0 aromatic carbocycles. The lowest BCUT2D eigenvalue weighted by Gasteiger charge is -2.35. The third kappa shape index (κ3) is 57.5. The number of rotatable bonds is 6. The van der Waals surface area contributed by atoms with Crippen LogP contribution in [0.4, 0.5) is 0 Å². The van der Waals surface area contributed by atoms with Gasteiger partial charge in [0, 0.05) is 0 Å². The molecular weight excluding hydrogens is 408 g/mol. The lowest BCUT2D eigenvalue weighted by Crippen LogP contribution is -2.25. The highest BCUT2D eigenvalue weighted by Crippen LogP contribution is 2.40. The summed E-state index contributed by atoms with van der Waals surface area (Å²) in [4.78, 5) is 0. The number of hydrogen-bond acceptors (Lipinski definition) is 0. The lowest BCUT2D eigenvalue weighted by atomic mass is 9.70. The van der Waals surface area contributed by atoms with Crippen molar-refractivity contribution in [2.75, 3.05) is 0 Å². The third-order valence-electron chi connectivity index (χ3n) is 4.16. The Hall–Kier alpha value is -1.22. The van der Waals surface area contributed by atoms with E-state index in [0.29, 0.717) is 5.92 Å². The van der Waals surface area contributed by atoms with Gasteiger partial charge in [-0.25, -0.2) is 0 Å². The predicted octanol–water partition coefficient (Wildman–Crippen LogP) is 13.6. The highest BCUT2D eigenvalue weighted by atomic mass is 14.3. The van der Waals surface area contributed by atoms with E-state index in [4.69, 9.17) is 0 Å². The molecule has 0 nitrogen and oxygen atoms in total. The molecule has 0 fully saturated rings. The molecule has 0 rings (SSSR count). The quantitative estimate of drug-likeness (QED) is 0.259. The Morgan fingerprint density at radius 3 is 1.29 bits per heavy atom. The first-order valence-electron chi connectivity index (χ1n) is 13.7. The number of allylic oxidation sites excluding steroid dienone is 3. The van der Waals surface area contributed by atoms with Gasteiger partial charge < -0.3 is 0 Å². The molecular formula is C34H76. The van der Waals surface area contributed by atoms with E-state index in [0.717, 1.165) is 12.3 Å². The molecule has 0 aromatic rings. The highest BCUT2D eigenvalue weighted by Gasteiger charge is 2.29. The van der Waals surface area contributed by atoms with E-state index in [2.05, 4.69) is 114 Å². The molecule has 0 saturated heterocycles. The zero-order chi connectivity index (χ0) is 29.1. The highest BCUT2D eigenvalue weighted by molar-refractivity contribution is 5.16. The molecule has 0 saturated carbocycles. The van der Waals surface area contributed by atoms with Gasteiger partial charge in [0.05, 0.1) is 0 Å². The second-order valence-corrected chi connectivity index (χ2v) is 7.72. The fourth-order valence-electron chi connectivity index (χ4n) is 1.91. The van der Waals surface area contributed by atoms with Gasteiger partial charge in [-0.1, -0.05) is 148 Å². The topological polar surface area (TPSA) is 0 Å². The Morgan fingerprint density at radius 1 is 0.882 bits per heavy atom. The molecule has 0 spiro atoms. The van der Waals surface area contributed by atoms with Gasteiger partial charge in [-0.05, 0) is 50.9 Å². The van der Waals surface area contributed by atoms with Crippen molar-refractivity contribution in [1.29, 1.82) is 0 Å². The van der Waals surface area contributed by atoms with Gasteiger partial charge in [-0.3, -0.25) is 0 Å². The lowest BCUT2D eigenvalue weighted by molar-refractivity contribution is 0.313. The van der Waals surface area contributed by atoms with Crippen molar-refractivity contribution in [3.05, 3.63) is 37.0 Å².